The molecule has 0 radical (unpaired) electrons. The fourth-order valence-corrected chi connectivity index (χ4v) is 0.506. The molecule has 0 N–H and O–H groups in total. The third-order valence-corrected chi connectivity index (χ3v) is 0.914. The van der Waals surface area contributed by atoms with E-state index in [9.17, 15) is 0 Å². The summed E-state index contributed by atoms with van der Waals surface area (Å²) in [7, 11) is 0. The molecule has 1 aromatic rings. The van der Waals surface area contributed by atoms with Crippen molar-refractivity contribution >= 4 is 36.5 Å². The molecule has 0 aliphatic rings. The second kappa shape index (κ2) is 18.3. The molecule has 0 unspecified atom stereocenters. The second-order valence-electron chi connectivity index (χ2n) is 1.19. The average molecular weight is 372 g/mol. The van der Waals surface area contributed by atoms with Crippen LogP contribution in [0.1, 0.15) is 0 Å². The van der Waals surface area contributed by atoms with E-state index in [0.29, 0.717) is 0 Å². The Morgan fingerprint density at radius 2 is 1.50 bits per heavy atom. The van der Waals surface area contributed by atoms with Gasteiger partial charge >= 0.3 is 23.9 Å². The maximum absolute atomic E-state index is 3.97. The van der Waals surface area contributed by atoms with Crippen molar-refractivity contribution in [2.75, 3.05) is 0 Å². The summed E-state index contributed by atoms with van der Waals surface area (Å²) in [6, 6.07) is 5.60. The van der Waals surface area contributed by atoms with E-state index in [2.05, 4.69) is 17.6 Å². The molecule has 0 fully saturated rings. The van der Waals surface area contributed by atoms with Crippen LogP contribution in [0, 0.1) is 0 Å². The van der Waals surface area contributed by atoms with E-state index >= 15 is 0 Å². The molecule has 0 atom stereocenters. The van der Waals surface area contributed by atoms with Gasteiger partial charge in [-0.15, -0.1) is 12.6 Å². The summed E-state index contributed by atoms with van der Waals surface area (Å²) in [4.78, 5) is 3.84. The summed E-state index contributed by atoms with van der Waals surface area (Å²) in [6.07, 6.45) is 1.71. The normalized spacial score (nSPS) is 5.08. The van der Waals surface area contributed by atoms with Gasteiger partial charge in [0.15, 0.2) is 0 Å². The fraction of sp³-hybridized carbons (Fsp3) is 0. The van der Waals surface area contributed by atoms with Crippen molar-refractivity contribution in [3.8, 4) is 0 Å². The zero-order valence-electron chi connectivity index (χ0n) is 5.72. The van der Waals surface area contributed by atoms with E-state index in [1.54, 1.807) is 6.20 Å². The third-order valence-electron chi connectivity index (χ3n) is 0.649. The number of aromatic nitrogens is 1. The van der Waals surface area contributed by atoms with Gasteiger partial charge in [0.1, 0.15) is 0 Å². The van der Waals surface area contributed by atoms with Gasteiger partial charge in [-0.25, -0.2) is 0 Å². The SMILES string of the molecule is Sc1ccccn1.[Cl-].[Cl-].[Cl-].[Cl-].[Sn+4]. The molecule has 1 nitrogen and oxygen atoms in total. The summed E-state index contributed by atoms with van der Waals surface area (Å²) in [6.45, 7) is 0. The van der Waals surface area contributed by atoms with E-state index in [4.69, 9.17) is 0 Å². The van der Waals surface area contributed by atoms with Crippen molar-refractivity contribution in [1.82, 2.24) is 4.98 Å². The van der Waals surface area contributed by atoms with Gasteiger partial charge in [0.05, 0.1) is 5.03 Å². The standard InChI is InChI=1S/C5H5NS.4ClH.Sn/c7-5-3-1-2-4-6-5;;;;;/h1-4H,(H,6,7);4*1H;/q;;;;;+4/p-4. The van der Waals surface area contributed by atoms with Crippen molar-refractivity contribution in [3.05, 3.63) is 24.4 Å². The van der Waals surface area contributed by atoms with Crippen LogP contribution in [0.4, 0.5) is 0 Å². The Morgan fingerprint density at radius 3 is 1.67 bits per heavy atom. The summed E-state index contributed by atoms with van der Waals surface area (Å²) in [5.41, 5.74) is 0. The predicted molar refractivity (Wildman–Crippen MR) is 37.2 cm³/mol. The molecule has 68 valence electrons. The average Bonchev–Trinajstić information content (AvgIpc) is 1.69. The molecule has 0 saturated carbocycles. The molecule has 0 aliphatic carbocycles. The second-order valence-corrected chi connectivity index (χ2v) is 1.65. The molecule has 0 aromatic carbocycles. The van der Waals surface area contributed by atoms with E-state index in [-0.39, 0.29) is 73.5 Å². The summed E-state index contributed by atoms with van der Waals surface area (Å²) < 4.78 is 0. The van der Waals surface area contributed by atoms with Crippen molar-refractivity contribution in [2.24, 2.45) is 0 Å². The van der Waals surface area contributed by atoms with Gasteiger partial charge < -0.3 is 49.6 Å². The fourth-order valence-electron chi connectivity index (χ4n) is 0.354. The summed E-state index contributed by atoms with van der Waals surface area (Å²) in [5.74, 6) is 0. The third kappa shape index (κ3) is 14.0. The number of pyridine rings is 1. The minimum atomic E-state index is 0. The van der Waals surface area contributed by atoms with Crippen LogP contribution in [0.2, 0.25) is 0 Å². The smallest absolute Gasteiger partial charge is 1.00 e. The zero-order valence-corrected chi connectivity index (χ0v) is 12.5. The van der Waals surface area contributed by atoms with Crippen LogP contribution < -0.4 is 49.6 Å². The van der Waals surface area contributed by atoms with Crippen LogP contribution in [-0.2, 0) is 0 Å². The van der Waals surface area contributed by atoms with Crippen molar-refractivity contribution in [3.63, 3.8) is 0 Å². The molecule has 0 bridgehead atoms. The molecule has 0 spiro atoms. The van der Waals surface area contributed by atoms with Crippen molar-refractivity contribution in [2.45, 2.75) is 5.03 Å². The number of hydrogen-bond donors (Lipinski definition) is 1. The van der Waals surface area contributed by atoms with E-state index in [1.807, 2.05) is 18.2 Å². The first kappa shape index (κ1) is 29.2. The van der Waals surface area contributed by atoms with Crippen LogP contribution >= 0.6 is 12.6 Å². The Bertz CT molecular complexity index is 153. The van der Waals surface area contributed by atoms with Gasteiger partial charge in [0.2, 0.25) is 0 Å². The molecule has 1 rings (SSSR count). The Kier molecular flexibility index (Phi) is 44.5. The van der Waals surface area contributed by atoms with Crippen LogP contribution in [0.25, 0.3) is 0 Å². The van der Waals surface area contributed by atoms with Gasteiger partial charge in [0, 0.05) is 6.20 Å². The molecular formula is C5H5Cl4NSSn. The number of nitrogens with zero attached hydrogens (tertiary/aromatic N) is 1. The number of hydrogen-bond acceptors (Lipinski definition) is 2. The van der Waals surface area contributed by atoms with Gasteiger partial charge in [0.25, 0.3) is 0 Å². The minimum Gasteiger partial charge on any atom is -1.00 e. The number of thiol groups is 1. The first-order chi connectivity index (χ1) is 3.39. The van der Waals surface area contributed by atoms with E-state index < -0.39 is 0 Å². The Labute approximate surface area is 119 Å². The van der Waals surface area contributed by atoms with Crippen LogP contribution in [-0.4, -0.2) is 28.9 Å². The topological polar surface area (TPSA) is 12.9 Å². The summed E-state index contributed by atoms with van der Waals surface area (Å²) >= 11 is 3.97. The van der Waals surface area contributed by atoms with Gasteiger partial charge in [-0.1, -0.05) is 6.07 Å². The minimum absolute atomic E-state index is 0. The molecule has 0 aliphatic heterocycles. The van der Waals surface area contributed by atoms with Gasteiger partial charge in [-0.2, -0.15) is 0 Å². The number of halogens is 4. The van der Waals surface area contributed by atoms with Crippen molar-refractivity contribution in [1.29, 1.82) is 0 Å². The van der Waals surface area contributed by atoms with Gasteiger partial charge in [-0.3, -0.25) is 4.98 Å². The zero-order chi connectivity index (χ0) is 5.11. The maximum atomic E-state index is 3.97. The van der Waals surface area contributed by atoms with Crippen LogP contribution in [0.5, 0.6) is 0 Å². The van der Waals surface area contributed by atoms with Crippen LogP contribution in [0.15, 0.2) is 29.4 Å². The molecule has 12 heavy (non-hydrogen) atoms. The predicted octanol–water partition coefficient (Wildman–Crippen LogP) is -11.0. The maximum Gasteiger partial charge on any atom is 4.00 e. The molecule has 1 aromatic heterocycles. The molecule has 1 heterocycles. The Balaban J connectivity index is -0.0000000327. The molecule has 7 heteroatoms. The monoisotopic (exact) mass is 371 g/mol. The first-order valence-electron chi connectivity index (χ1n) is 1.99. The molecule has 0 amide bonds. The van der Waals surface area contributed by atoms with E-state index in [1.165, 1.54) is 0 Å². The molecule has 0 saturated heterocycles. The Morgan fingerprint density at radius 1 is 1.00 bits per heavy atom. The molecular weight excluding hydrogens is 367 g/mol. The Hall–Kier alpha value is 1.46. The van der Waals surface area contributed by atoms with Crippen molar-refractivity contribution < 1.29 is 49.6 Å². The van der Waals surface area contributed by atoms with Gasteiger partial charge in [-0.05, 0) is 12.1 Å². The first-order valence-corrected chi connectivity index (χ1v) is 2.44. The van der Waals surface area contributed by atoms with Crippen LogP contribution in [0.3, 0.4) is 0 Å². The number of rotatable bonds is 0. The van der Waals surface area contributed by atoms with E-state index in [0.717, 1.165) is 5.03 Å². The summed E-state index contributed by atoms with van der Waals surface area (Å²) in [5, 5.41) is 0.766. The quantitative estimate of drug-likeness (QED) is 0.353. The largest absolute Gasteiger partial charge is 4.00 e.